The molecule has 0 aliphatic carbocycles. The van der Waals surface area contributed by atoms with E-state index < -0.39 is 12.0 Å². The summed E-state index contributed by atoms with van der Waals surface area (Å²) in [5, 5.41) is 9.00. The van der Waals surface area contributed by atoms with Crippen molar-refractivity contribution >= 4 is 11.9 Å². The lowest BCUT2D eigenvalue weighted by molar-refractivity contribution is -0.150. The van der Waals surface area contributed by atoms with Gasteiger partial charge < -0.3 is 10.0 Å². The molecule has 1 atom stereocenters. The molecule has 22 heavy (non-hydrogen) atoms. The number of piperidine rings is 1. The summed E-state index contributed by atoms with van der Waals surface area (Å²) >= 11 is 0. The molecule has 1 aliphatic heterocycles. The van der Waals surface area contributed by atoms with Crippen LogP contribution in [0.2, 0.25) is 0 Å². The van der Waals surface area contributed by atoms with Crippen molar-refractivity contribution in [3.05, 3.63) is 35.9 Å². The second-order valence-electron chi connectivity index (χ2n) is 6.00. The van der Waals surface area contributed by atoms with E-state index in [2.05, 4.69) is 17.0 Å². The van der Waals surface area contributed by atoms with Crippen molar-refractivity contribution in [2.45, 2.75) is 32.4 Å². The van der Waals surface area contributed by atoms with Gasteiger partial charge in [0, 0.05) is 19.5 Å². The fraction of sp³-hybridized carbons (Fsp3) is 0.529. The van der Waals surface area contributed by atoms with Crippen LogP contribution in [-0.2, 0) is 16.1 Å². The molecule has 1 unspecified atom stereocenters. The number of hydrogen-bond donors (Lipinski definition) is 1. The van der Waals surface area contributed by atoms with E-state index in [-0.39, 0.29) is 11.8 Å². The second-order valence-corrected chi connectivity index (χ2v) is 6.00. The first kappa shape index (κ1) is 16.5. The van der Waals surface area contributed by atoms with Gasteiger partial charge in [-0.15, -0.1) is 0 Å². The molecule has 1 amide bonds. The molecule has 1 aromatic carbocycles. The number of rotatable bonds is 5. The Bertz CT molecular complexity index is 510. The Balaban J connectivity index is 1.84. The molecule has 1 heterocycles. The number of hydrogen-bond acceptors (Lipinski definition) is 3. The van der Waals surface area contributed by atoms with E-state index in [0.29, 0.717) is 0 Å². The van der Waals surface area contributed by atoms with E-state index in [1.165, 1.54) is 10.5 Å². The minimum absolute atomic E-state index is 0.0470. The fourth-order valence-electron chi connectivity index (χ4n) is 2.82. The van der Waals surface area contributed by atoms with Crippen molar-refractivity contribution in [3.8, 4) is 0 Å². The average molecular weight is 304 g/mol. The Morgan fingerprint density at radius 2 is 1.86 bits per heavy atom. The Hall–Kier alpha value is -1.88. The minimum atomic E-state index is -0.961. The molecule has 1 N–H and O–H groups in total. The Morgan fingerprint density at radius 3 is 2.41 bits per heavy atom. The molecule has 1 saturated heterocycles. The van der Waals surface area contributed by atoms with Gasteiger partial charge in [-0.2, -0.15) is 0 Å². The van der Waals surface area contributed by atoms with Crippen LogP contribution < -0.4 is 0 Å². The topological polar surface area (TPSA) is 60.9 Å². The standard InChI is InChI=1S/C17H24N2O3/c1-13(17(21)22)18(2)16(20)15-8-10-19(11-9-15)12-14-6-4-3-5-7-14/h3-7,13,15H,8-12H2,1-2H3,(H,21,22). The van der Waals surface area contributed by atoms with Gasteiger partial charge in [0.2, 0.25) is 5.91 Å². The maximum atomic E-state index is 12.4. The van der Waals surface area contributed by atoms with Gasteiger partial charge in [0.15, 0.2) is 0 Å². The van der Waals surface area contributed by atoms with E-state index in [9.17, 15) is 9.59 Å². The molecular weight excluding hydrogens is 280 g/mol. The van der Waals surface area contributed by atoms with Gasteiger partial charge in [-0.05, 0) is 38.4 Å². The summed E-state index contributed by atoms with van der Waals surface area (Å²) in [5.74, 6) is -1.06. The number of aliphatic carboxylic acids is 1. The van der Waals surface area contributed by atoms with E-state index in [0.717, 1.165) is 32.5 Å². The summed E-state index contributed by atoms with van der Waals surface area (Å²) in [5.41, 5.74) is 1.28. The number of likely N-dealkylation sites (tertiary alicyclic amines) is 1. The summed E-state index contributed by atoms with van der Waals surface area (Å²) < 4.78 is 0. The van der Waals surface area contributed by atoms with Crippen LogP contribution >= 0.6 is 0 Å². The lowest BCUT2D eigenvalue weighted by Crippen LogP contribution is -2.46. The predicted molar refractivity (Wildman–Crippen MR) is 84.3 cm³/mol. The summed E-state index contributed by atoms with van der Waals surface area (Å²) in [6, 6.07) is 9.53. The van der Waals surface area contributed by atoms with Crippen molar-refractivity contribution in [2.75, 3.05) is 20.1 Å². The summed E-state index contributed by atoms with van der Waals surface area (Å²) in [6.07, 6.45) is 1.59. The van der Waals surface area contributed by atoms with E-state index in [1.807, 2.05) is 18.2 Å². The number of carboxylic acid groups (broad SMARTS) is 1. The van der Waals surface area contributed by atoms with Gasteiger partial charge in [-0.1, -0.05) is 30.3 Å². The van der Waals surface area contributed by atoms with Crippen LogP contribution in [-0.4, -0.2) is 53.0 Å². The maximum absolute atomic E-state index is 12.4. The molecule has 1 aliphatic rings. The van der Waals surface area contributed by atoms with Crippen molar-refractivity contribution < 1.29 is 14.7 Å². The van der Waals surface area contributed by atoms with Crippen LogP contribution in [0, 0.1) is 5.92 Å². The van der Waals surface area contributed by atoms with Gasteiger partial charge in [0.25, 0.3) is 0 Å². The zero-order valence-corrected chi connectivity index (χ0v) is 13.2. The highest BCUT2D eigenvalue weighted by atomic mass is 16.4. The summed E-state index contributed by atoms with van der Waals surface area (Å²) in [6.45, 7) is 4.20. The molecule has 2 rings (SSSR count). The van der Waals surface area contributed by atoms with Crippen LogP contribution in [0.5, 0.6) is 0 Å². The fourth-order valence-corrected chi connectivity index (χ4v) is 2.82. The molecule has 1 fully saturated rings. The first-order valence-electron chi connectivity index (χ1n) is 7.74. The van der Waals surface area contributed by atoms with Crippen LogP contribution in [0.1, 0.15) is 25.3 Å². The number of nitrogens with zero attached hydrogens (tertiary/aromatic N) is 2. The predicted octanol–water partition coefficient (Wildman–Crippen LogP) is 1.83. The van der Waals surface area contributed by atoms with Crippen LogP contribution in [0.3, 0.4) is 0 Å². The first-order valence-corrected chi connectivity index (χ1v) is 7.74. The van der Waals surface area contributed by atoms with Crippen molar-refractivity contribution in [1.82, 2.24) is 9.80 Å². The summed E-state index contributed by atoms with van der Waals surface area (Å²) in [4.78, 5) is 27.0. The van der Waals surface area contributed by atoms with Gasteiger partial charge >= 0.3 is 5.97 Å². The Labute approximate surface area is 131 Å². The average Bonchev–Trinajstić information content (AvgIpc) is 2.54. The molecular formula is C17H24N2O3. The summed E-state index contributed by atoms with van der Waals surface area (Å²) in [7, 11) is 1.58. The third-order valence-corrected chi connectivity index (χ3v) is 4.47. The number of benzene rings is 1. The number of amides is 1. The zero-order chi connectivity index (χ0) is 16.1. The molecule has 1 aromatic rings. The van der Waals surface area contributed by atoms with Gasteiger partial charge in [0.05, 0.1) is 0 Å². The molecule has 5 nitrogen and oxygen atoms in total. The minimum Gasteiger partial charge on any atom is -0.480 e. The number of carbonyl (C=O) groups is 2. The molecule has 0 spiro atoms. The van der Waals surface area contributed by atoms with E-state index >= 15 is 0 Å². The number of likely N-dealkylation sites (N-methyl/N-ethyl adjacent to an activating group) is 1. The Morgan fingerprint density at radius 1 is 1.27 bits per heavy atom. The van der Waals surface area contributed by atoms with Crippen LogP contribution in [0.4, 0.5) is 0 Å². The Kier molecular flexibility index (Phi) is 5.55. The molecule has 120 valence electrons. The largest absolute Gasteiger partial charge is 0.480 e. The third kappa shape index (κ3) is 4.07. The third-order valence-electron chi connectivity index (χ3n) is 4.47. The van der Waals surface area contributed by atoms with Crippen molar-refractivity contribution in [3.63, 3.8) is 0 Å². The molecule has 0 saturated carbocycles. The first-order chi connectivity index (χ1) is 10.5. The van der Waals surface area contributed by atoms with E-state index in [1.54, 1.807) is 14.0 Å². The highest BCUT2D eigenvalue weighted by Gasteiger charge is 2.30. The smallest absolute Gasteiger partial charge is 0.326 e. The van der Waals surface area contributed by atoms with Gasteiger partial charge in [-0.3, -0.25) is 9.69 Å². The van der Waals surface area contributed by atoms with Crippen LogP contribution in [0.25, 0.3) is 0 Å². The van der Waals surface area contributed by atoms with Gasteiger partial charge in [-0.25, -0.2) is 4.79 Å². The number of carboxylic acids is 1. The van der Waals surface area contributed by atoms with Crippen molar-refractivity contribution in [2.24, 2.45) is 5.92 Å². The van der Waals surface area contributed by atoms with E-state index in [4.69, 9.17) is 5.11 Å². The quantitative estimate of drug-likeness (QED) is 0.901. The van der Waals surface area contributed by atoms with Crippen molar-refractivity contribution in [1.29, 1.82) is 0 Å². The van der Waals surface area contributed by atoms with Crippen LogP contribution in [0.15, 0.2) is 30.3 Å². The lowest BCUT2D eigenvalue weighted by Gasteiger charge is -2.34. The number of carbonyl (C=O) groups excluding carboxylic acids is 1. The second kappa shape index (κ2) is 7.40. The van der Waals surface area contributed by atoms with Gasteiger partial charge in [0.1, 0.15) is 6.04 Å². The molecule has 0 radical (unpaired) electrons. The zero-order valence-electron chi connectivity index (χ0n) is 13.2. The molecule has 5 heteroatoms. The lowest BCUT2D eigenvalue weighted by atomic mass is 9.94. The molecule has 0 aromatic heterocycles. The SMILES string of the molecule is CC(C(=O)O)N(C)C(=O)C1CCN(Cc2ccccc2)CC1. The maximum Gasteiger partial charge on any atom is 0.326 e. The molecule has 0 bridgehead atoms. The normalized spacial score (nSPS) is 17.9. The highest BCUT2D eigenvalue weighted by molar-refractivity contribution is 5.84. The highest BCUT2D eigenvalue weighted by Crippen LogP contribution is 2.21. The monoisotopic (exact) mass is 304 g/mol.